The third-order valence-corrected chi connectivity index (χ3v) is 4.00. The molecular weight excluding hydrogens is 270 g/mol. The summed E-state index contributed by atoms with van der Waals surface area (Å²) in [7, 11) is 0. The minimum Gasteiger partial charge on any atom is -0.445 e. The number of benzene rings is 3. The van der Waals surface area contributed by atoms with Gasteiger partial charge in [-0.1, -0.05) is 54.1 Å². The second-order valence-electron chi connectivity index (χ2n) is 5.48. The first-order chi connectivity index (χ1) is 10.8. The van der Waals surface area contributed by atoms with Gasteiger partial charge in [-0.15, -0.1) is 0 Å². The molecule has 0 N–H and O–H groups in total. The summed E-state index contributed by atoms with van der Waals surface area (Å²) in [4.78, 5) is 0. The fourth-order valence-electron chi connectivity index (χ4n) is 2.87. The first-order valence-electron chi connectivity index (χ1n) is 7.19. The SMILES string of the molecule is Cc1ccc(-c2c(C#N)oc3cc4ccccc4cc23)cc1. The van der Waals surface area contributed by atoms with Crippen LogP contribution >= 0.6 is 0 Å². The van der Waals surface area contributed by atoms with Crippen LogP contribution in [-0.2, 0) is 0 Å². The van der Waals surface area contributed by atoms with Crippen molar-refractivity contribution in [2.45, 2.75) is 6.92 Å². The summed E-state index contributed by atoms with van der Waals surface area (Å²) in [5.41, 5.74) is 3.84. The van der Waals surface area contributed by atoms with Crippen LogP contribution in [0.4, 0.5) is 0 Å². The van der Waals surface area contributed by atoms with Crippen LogP contribution in [0.2, 0.25) is 0 Å². The van der Waals surface area contributed by atoms with Crippen LogP contribution in [0, 0.1) is 18.3 Å². The minimum absolute atomic E-state index is 0.370. The van der Waals surface area contributed by atoms with Crippen LogP contribution in [0.1, 0.15) is 11.3 Å². The second kappa shape index (κ2) is 4.75. The second-order valence-corrected chi connectivity index (χ2v) is 5.48. The van der Waals surface area contributed by atoms with E-state index in [9.17, 15) is 5.26 Å². The Morgan fingerprint density at radius 1 is 0.909 bits per heavy atom. The van der Waals surface area contributed by atoms with E-state index < -0.39 is 0 Å². The van der Waals surface area contributed by atoms with Crippen LogP contribution in [-0.4, -0.2) is 0 Å². The Bertz CT molecular complexity index is 1030. The van der Waals surface area contributed by atoms with Gasteiger partial charge in [-0.25, -0.2) is 0 Å². The Labute approximate surface area is 128 Å². The summed E-state index contributed by atoms with van der Waals surface area (Å²) in [6, 6.07) is 22.6. The van der Waals surface area contributed by atoms with Crippen molar-refractivity contribution < 1.29 is 4.42 Å². The number of hydrogen-bond donors (Lipinski definition) is 0. The predicted molar refractivity (Wildman–Crippen MR) is 88.6 cm³/mol. The number of rotatable bonds is 1. The van der Waals surface area contributed by atoms with Crippen LogP contribution < -0.4 is 0 Å². The molecule has 0 radical (unpaired) electrons. The molecule has 4 rings (SSSR count). The molecule has 0 aliphatic heterocycles. The minimum atomic E-state index is 0.370. The van der Waals surface area contributed by atoms with Crippen LogP contribution in [0.15, 0.2) is 65.1 Å². The standard InChI is InChI=1S/C20H13NO/c1-13-6-8-14(9-7-13)20-17-10-15-4-2-3-5-16(15)11-18(17)22-19(20)12-21/h2-11H,1H3. The first-order valence-corrected chi connectivity index (χ1v) is 7.19. The molecular formula is C20H13NO. The Morgan fingerprint density at radius 3 is 2.27 bits per heavy atom. The largest absolute Gasteiger partial charge is 0.445 e. The highest BCUT2D eigenvalue weighted by molar-refractivity contribution is 6.04. The third kappa shape index (κ3) is 1.88. The molecule has 0 spiro atoms. The molecule has 0 aliphatic rings. The highest BCUT2D eigenvalue weighted by atomic mass is 16.3. The monoisotopic (exact) mass is 283 g/mol. The van der Waals surface area contributed by atoms with Gasteiger partial charge < -0.3 is 4.42 Å². The quantitative estimate of drug-likeness (QED) is 0.467. The van der Waals surface area contributed by atoms with Crippen molar-refractivity contribution in [2.75, 3.05) is 0 Å². The smallest absolute Gasteiger partial charge is 0.212 e. The molecule has 104 valence electrons. The van der Waals surface area contributed by atoms with E-state index in [1.165, 1.54) is 5.56 Å². The van der Waals surface area contributed by atoms with E-state index >= 15 is 0 Å². The average molecular weight is 283 g/mol. The zero-order valence-electron chi connectivity index (χ0n) is 12.1. The lowest BCUT2D eigenvalue weighted by molar-refractivity contribution is 0.601. The molecule has 0 unspecified atom stereocenters. The summed E-state index contributed by atoms with van der Waals surface area (Å²) >= 11 is 0. The van der Waals surface area contributed by atoms with E-state index in [-0.39, 0.29) is 0 Å². The molecule has 0 aliphatic carbocycles. The normalized spacial score (nSPS) is 10.9. The van der Waals surface area contributed by atoms with E-state index in [1.54, 1.807) is 0 Å². The summed E-state index contributed by atoms with van der Waals surface area (Å²) in [6.45, 7) is 2.05. The number of aryl methyl sites for hydroxylation is 1. The Balaban J connectivity index is 2.09. The molecule has 0 saturated carbocycles. The molecule has 3 aromatic carbocycles. The summed E-state index contributed by atoms with van der Waals surface area (Å²) < 4.78 is 5.78. The van der Waals surface area contributed by atoms with Gasteiger partial charge in [0.05, 0.1) is 0 Å². The predicted octanol–water partition coefficient (Wildman–Crippen LogP) is 5.43. The van der Waals surface area contributed by atoms with Crippen LogP contribution in [0.3, 0.4) is 0 Å². The fraction of sp³-hybridized carbons (Fsp3) is 0.0500. The van der Waals surface area contributed by atoms with E-state index in [1.807, 2.05) is 30.3 Å². The molecule has 1 heterocycles. The van der Waals surface area contributed by atoms with Gasteiger partial charge in [-0.3, -0.25) is 0 Å². The number of nitrogens with zero attached hydrogens (tertiary/aromatic N) is 1. The Kier molecular flexibility index (Phi) is 2.74. The number of furan rings is 1. The van der Waals surface area contributed by atoms with Gasteiger partial charge >= 0.3 is 0 Å². The van der Waals surface area contributed by atoms with E-state index in [0.29, 0.717) is 5.76 Å². The zero-order valence-corrected chi connectivity index (χ0v) is 12.1. The molecule has 0 fully saturated rings. The number of nitriles is 1. The maximum atomic E-state index is 9.43. The van der Waals surface area contributed by atoms with Gasteiger partial charge in [-0.05, 0) is 35.4 Å². The maximum absolute atomic E-state index is 9.43. The summed E-state index contributed by atoms with van der Waals surface area (Å²) in [6.07, 6.45) is 0. The van der Waals surface area contributed by atoms with Crippen molar-refractivity contribution in [3.63, 3.8) is 0 Å². The van der Waals surface area contributed by atoms with Crippen molar-refractivity contribution in [3.8, 4) is 17.2 Å². The molecule has 0 atom stereocenters. The van der Waals surface area contributed by atoms with Crippen LogP contribution in [0.25, 0.3) is 32.9 Å². The molecule has 1 aromatic heterocycles. The summed E-state index contributed by atoms with van der Waals surface area (Å²) in [5.74, 6) is 0.370. The number of fused-ring (bicyclic) bond motifs is 2. The van der Waals surface area contributed by atoms with Gasteiger partial charge in [0, 0.05) is 10.9 Å². The topological polar surface area (TPSA) is 36.9 Å². The average Bonchev–Trinajstić information content (AvgIpc) is 2.91. The van der Waals surface area contributed by atoms with E-state index in [2.05, 4.69) is 43.3 Å². The van der Waals surface area contributed by atoms with Crippen molar-refractivity contribution in [1.29, 1.82) is 5.26 Å². The highest BCUT2D eigenvalue weighted by Gasteiger charge is 2.16. The molecule has 0 bridgehead atoms. The Morgan fingerprint density at radius 2 is 1.59 bits per heavy atom. The van der Waals surface area contributed by atoms with Gasteiger partial charge in [0.1, 0.15) is 11.7 Å². The highest BCUT2D eigenvalue weighted by Crippen LogP contribution is 2.36. The molecule has 2 nitrogen and oxygen atoms in total. The van der Waals surface area contributed by atoms with Crippen molar-refractivity contribution in [3.05, 3.63) is 72.0 Å². The van der Waals surface area contributed by atoms with Gasteiger partial charge in [0.25, 0.3) is 0 Å². The fourth-order valence-corrected chi connectivity index (χ4v) is 2.87. The van der Waals surface area contributed by atoms with Gasteiger partial charge in [-0.2, -0.15) is 5.26 Å². The Hall–Kier alpha value is -3.05. The molecule has 22 heavy (non-hydrogen) atoms. The van der Waals surface area contributed by atoms with Crippen LogP contribution in [0.5, 0.6) is 0 Å². The molecule has 0 saturated heterocycles. The first kappa shape index (κ1) is 12.7. The van der Waals surface area contributed by atoms with Gasteiger partial charge in [0.15, 0.2) is 0 Å². The lowest BCUT2D eigenvalue weighted by Crippen LogP contribution is -1.81. The van der Waals surface area contributed by atoms with Crippen molar-refractivity contribution in [2.24, 2.45) is 0 Å². The van der Waals surface area contributed by atoms with E-state index in [0.717, 1.165) is 32.9 Å². The van der Waals surface area contributed by atoms with Crippen molar-refractivity contribution >= 4 is 21.7 Å². The maximum Gasteiger partial charge on any atom is 0.212 e. The lowest BCUT2D eigenvalue weighted by Gasteiger charge is -2.02. The van der Waals surface area contributed by atoms with Gasteiger partial charge in [0.2, 0.25) is 5.76 Å². The molecule has 2 heteroatoms. The lowest BCUT2D eigenvalue weighted by atomic mass is 9.99. The molecule has 4 aromatic rings. The molecule has 0 amide bonds. The van der Waals surface area contributed by atoms with Crippen molar-refractivity contribution in [1.82, 2.24) is 0 Å². The summed E-state index contributed by atoms with van der Waals surface area (Å²) in [5, 5.41) is 12.7. The number of hydrogen-bond acceptors (Lipinski definition) is 2. The zero-order chi connectivity index (χ0) is 15.1. The third-order valence-electron chi connectivity index (χ3n) is 4.00. The van der Waals surface area contributed by atoms with E-state index in [4.69, 9.17) is 4.42 Å².